The number of thiophene rings is 1. The zero-order valence-corrected chi connectivity index (χ0v) is 11.5. The SMILES string of the molecule is Cc1csc2c(NN3CCN(C)CC3)ncnc12. The Hall–Kier alpha value is -1.24. The number of hydrogen-bond donors (Lipinski definition) is 1. The highest BCUT2D eigenvalue weighted by Gasteiger charge is 2.15. The van der Waals surface area contributed by atoms with E-state index in [0.717, 1.165) is 42.2 Å². The number of hydrazine groups is 1. The lowest BCUT2D eigenvalue weighted by molar-refractivity contribution is 0.178. The molecule has 3 heterocycles. The molecule has 0 unspecified atom stereocenters. The molecular weight excluding hydrogens is 246 g/mol. The van der Waals surface area contributed by atoms with Crippen LogP contribution in [0.15, 0.2) is 11.7 Å². The number of piperazine rings is 1. The van der Waals surface area contributed by atoms with Crippen LogP contribution in [0, 0.1) is 6.92 Å². The number of fused-ring (bicyclic) bond motifs is 1. The molecule has 1 N–H and O–H groups in total. The van der Waals surface area contributed by atoms with Crippen LogP contribution < -0.4 is 5.43 Å². The highest BCUT2D eigenvalue weighted by molar-refractivity contribution is 7.17. The third kappa shape index (κ3) is 2.19. The Morgan fingerprint density at radius 3 is 2.78 bits per heavy atom. The maximum Gasteiger partial charge on any atom is 0.161 e. The molecule has 3 rings (SSSR count). The molecule has 1 aliphatic heterocycles. The minimum atomic E-state index is 0.933. The van der Waals surface area contributed by atoms with Crippen LogP contribution in [0.1, 0.15) is 5.56 Å². The average Bonchev–Trinajstić information content (AvgIpc) is 2.76. The molecule has 18 heavy (non-hydrogen) atoms. The number of nitrogens with zero attached hydrogens (tertiary/aromatic N) is 4. The molecule has 0 saturated carbocycles. The number of aromatic nitrogens is 2. The molecule has 1 fully saturated rings. The summed E-state index contributed by atoms with van der Waals surface area (Å²) in [6, 6.07) is 0. The molecule has 2 aromatic heterocycles. The zero-order valence-electron chi connectivity index (χ0n) is 10.7. The van der Waals surface area contributed by atoms with Crippen LogP contribution in [0.25, 0.3) is 10.2 Å². The second-order valence-electron chi connectivity index (χ2n) is 4.72. The summed E-state index contributed by atoms with van der Waals surface area (Å²) in [5.41, 5.74) is 5.71. The van der Waals surface area contributed by atoms with E-state index in [1.165, 1.54) is 5.56 Å². The Morgan fingerprint density at radius 2 is 2.00 bits per heavy atom. The summed E-state index contributed by atoms with van der Waals surface area (Å²) in [6.07, 6.45) is 1.64. The second-order valence-corrected chi connectivity index (χ2v) is 5.60. The van der Waals surface area contributed by atoms with Crippen LogP contribution in [-0.2, 0) is 0 Å². The maximum atomic E-state index is 4.37. The molecule has 0 bridgehead atoms. The average molecular weight is 263 g/mol. The van der Waals surface area contributed by atoms with Crippen LogP contribution in [0.5, 0.6) is 0 Å². The van der Waals surface area contributed by atoms with E-state index in [0.29, 0.717) is 0 Å². The molecule has 0 spiro atoms. The van der Waals surface area contributed by atoms with Gasteiger partial charge in [-0.25, -0.2) is 15.0 Å². The van der Waals surface area contributed by atoms with Crippen molar-refractivity contribution in [1.29, 1.82) is 0 Å². The molecule has 96 valence electrons. The predicted molar refractivity (Wildman–Crippen MR) is 74.8 cm³/mol. The first kappa shape index (κ1) is 11.8. The number of anilines is 1. The van der Waals surface area contributed by atoms with Crippen molar-refractivity contribution in [3.05, 3.63) is 17.3 Å². The summed E-state index contributed by atoms with van der Waals surface area (Å²) >= 11 is 1.71. The van der Waals surface area contributed by atoms with Gasteiger partial charge in [0.05, 0.1) is 10.2 Å². The fourth-order valence-electron chi connectivity index (χ4n) is 2.12. The number of rotatable bonds is 2. The fraction of sp³-hybridized carbons (Fsp3) is 0.500. The first-order valence-electron chi connectivity index (χ1n) is 6.13. The van der Waals surface area contributed by atoms with E-state index < -0.39 is 0 Å². The van der Waals surface area contributed by atoms with Crippen LogP contribution in [0.3, 0.4) is 0 Å². The van der Waals surface area contributed by atoms with Crippen molar-refractivity contribution in [2.45, 2.75) is 6.92 Å². The number of hydrogen-bond acceptors (Lipinski definition) is 6. The smallest absolute Gasteiger partial charge is 0.161 e. The predicted octanol–water partition coefficient (Wildman–Crippen LogP) is 1.57. The first-order valence-corrected chi connectivity index (χ1v) is 7.01. The van der Waals surface area contributed by atoms with Gasteiger partial charge in [-0.15, -0.1) is 11.3 Å². The van der Waals surface area contributed by atoms with Crippen molar-refractivity contribution in [2.24, 2.45) is 0 Å². The van der Waals surface area contributed by atoms with E-state index in [1.54, 1.807) is 17.7 Å². The molecule has 2 aromatic rings. The van der Waals surface area contributed by atoms with Crippen LogP contribution >= 0.6 is 11.3 Å². The van der Waals surface area contributed by atoms with E-state index in [4.69, 9.17) is 0 Å². The van der Waals surface area contributed by atoms with E-state index >= 15 is 0 Å². The lowest BCUT2D eigenvalue weighted by Gasteiger charge is -2.32. The quantitative estimate of drug-likeness (QED) is 0.891. The van der Waals surface area contributed by atoms with Gasteiger partial charge in [0.15, 0.2) is 5.82 Å². The van der Waals surface area contributed by atoms with Gasteiger partial charge in [0, 0.05) is 26.2 Å². The molecule has 5 nitrogen and oxygen atoms in total. The Balaban J connectivity index is 1.82. The molecule has 1 aliphatic rings. The monoisotopic (exact) mass is 263 g/mol. The zero-order chi connectivity index (χ0) is 12.5. The van der Waals surface area contributed by atoms with Crippen molar-refractivity contribution >= 4 is 27.4 Å². The Kier molecular flexibility index (Phi) is 3.15. The molecule has 6 heteroatoms. The molecule has 0 aromatic carbocycles. The molecule has 1 saturated heterocycles. The topological polar surface area (TPSA) is 44.3 Å². The highest BCUT2D eigenvalue weighted by atomic mass is 32.1. The van der Waals surface area contributed by atoms with Gasteiger partial charge in [-0.05, 0) is 24.9 Å². The van der Waals surface area contributed by atoms with Crippen LogP contribution in [0.2, 0.25) is 0 Å². The van der Waals surface area contributed by atoms with Crippen molar-refractivity contribution in [2.75, 3.05) is 38.7 Å². The summed E-state index contributed by atoms with van der Waals surface area (Å²) in [5.74, 6) is 0.933. The van der Waals surface area contributed by atoms with E-state index in [9.17, 15) is 0 Å². The Bertz CT molecular complexity index is 544. The van der Waals surface area contributed by atoms with E-state index in [-0.39, 0.29) is 0 Å². The molecule has 0 aliphatic carbocycles. The molecule has 0 atom stereocenters. The van der Waals surface area contributed by atoms with Gasteiger partial charge in [-0.3, -0.25) is 0 Å². The number of aryl methyl sites for hydroxylation is 1. The van der Waals surface area contributed by atoms with Gasteiger partial charge in [-0.1, -0.05) is 0 Å². The summed E-state index contributed by atoms with van der Waals surface area (Å²) in [4.78, 5) is 11.0. The molecule has 0 amide bonds. The summed E-state index contributed by atoms with van der Waals surface area (Å²) in [7, 11) is 2.16. The Morgan fingerprint density at radius 1 is 1.22 bits per heavy atom. The largest absolute Gasteiger partial charge is 0.304 e. The van der Waals surface area contributed by atoms with Gasteiger partial charge in [0.1, 0.15) is 6.33 Å². The molecule has 0 radical (unpaired) electrons. The minimum Gasteiger partial charge on any atom is -0.304 e. The van der Waals surface area contributed by atoms with Gasteiger partial charge in [0.25, 0.3) is 0 Å². The lowest BCUT2D eigenvalue weighted by Crippen LogP contribution is -2.47. The van der Waals surface area contributed by atoms with E-state index in [1.807, 2.05) is 0 Å². The van der Waals surface area contributed by atoms with Gasteiger partial charge < -0.3 is 10.3 Å². The summed E-state index contributed by atoms with van der Waals surface area (Å²) in [5, 5.41) is 4.37. The number of likely N-dealkylation sites (N-methyl/N-ethyl adjacent to an activating group) is 1. The second kappa shape index (κ2) is 4.79. The Labute approximate surface area is 110 Å². The third-order valence-electron chi connectivity index (χ3n) is 3.30. The summed E-state index contributed by atoms with van der Waals surface area (Å²) in [6.45, 7) is 6.31. The van der Waals surface area contributed by atoms with Gasteiger partial charge >= 0.3 is 0 Å². The third-order valence-corrected chi connectivity index (χ3v) is 4.39. The van der Waals surface area contributed by atoms with E-state index in [2.05, 4.69) is 44.7 Å². The van der Waals surface area contributed by atoms with Crippen molar-refractivity contribution < 1.29 is 0 Å². The van der Waals surface area contributed by atoms with Crippen molar-refractivity contribution in [3.8, 4) is 0 Å². The van der Waals surface area contributed by atoms with Crippen molar-refractivity contribution in [3.63, 3.8) is 0 Å². The fourth-order valence-corrected chi connectivity index (χ4v) is 3.06. The van der Waals surface area contributed by atoms with Crippen LogP contribution in [0.4, 0.5) is 5.82 Å². The van der Waals surface area contributed by atoms with Gasteiger partial charge in [0.2, 0.25) is 0 Å². The summed E-state index contributed by atoms with van der Waals surface area (Å²) < 4.78 is 1.15. The van der Waals surface area contributed by atoms with Gasteiger partial charge in [-0.2, -0.15) is 0 Å². The van der Waals surface area contributed by atoms with Crippen molar-refractivity contribution in [1.82, 2.24) is 19.9 Å². The minimum absolute atomic E-state index is 0.933. The maximum absolute atomic E-state index is 4.37. The normalized spacial score (nSPS) is 18.3. The highest BCUT2D eigenvalue weighted by Crippen LogP contribution is 2.28. The first-order chi connectivity index (χ1) is 8.74. The standard InChI is InChI=1S/C12H17N5S/c1-9-7-18-11-10(9)13-8-14-12(11)15-17-5-3-16(2)4-6-17/h7-8H,3-6H2,1-2H3,(H,13,14,15). The lowest BCUT2D eigenvalue weighted by atomic mass is 10.3. The molecular formula is C12H17N5S. The van der Waals surface area contributed by atoms with Crippen LogP contribution in [-0.4, -0.2) is 53.1 Å². The number of nitrogens with one attached hydrogen (secondary N) is 1.